The molecule has 0 spiro atoms. The van der Waals surface area contributed by atoms with E-state index in [4.69, 9.17) is 23.8 Å². The zero-order valence-electron chi connectivity index (χ0n) is 14.5. The van der Waals surface area contributed by atoms with Crippen molar-refractivity contribution < 1.29 is 4.79 Å². The van der Waals surface area contributed by atoms with Crippen molar-refractivity contribution in [1.29, 1.82) is 0 Å². The van der Waals surface area contributed by atoms with E-state index < -0.39 is 0 Å². The highest BCUT2D eigenvalue weighted by atomic mass is 35.5. The van der Waals surface area contributed by atoms with Crippen LogP contribution < -0.4 is 10.6 Å². The summed E-state index contributed by atoms with van der Waals surface area (Å²) in [5.41, 5.74) is 2.07. The second-order valence-corrected chi connectivity index (χ2v) is 7.65. The highest BCUT2D eigenvalue weighted by molar-refractivity contribution is 7.80. The van der Waals surface area contributed by atoms with Crippen LogP contribution in [0.4, 0.5) is 5.69 Å². The molecule has 28 heavy (non-hydrogen) atoms. The molecule has 2 heterocycles. The van der Waals surface area contributed by atoms with Crippen molar-refractivity contribution in [1.82, 2.24) is 25.1 Å². The third kappa shape index (κ3) is 3.86. The molecule has 0 radical (unpaired) electrons. The van der Waals surface area contributed by atoms with Crippen LogP contribution in [-0.4, -0.2) is 30.8 Å². The molecule has 4 rings (SSSR count). The van der Waals surface area contributed by atoms with Gasteiger partial charge in [-0.25, -0.2) is 0 Å². The molecule has 0 aliphatic rings. The number of nitrogens with zero attached hydrogens (tertiary/aromatic N) is 4. The fourth-order valence-electron chi connectivity index (χ4n) is 2.53. The van der Waals surface area contributed by atoms with E-state index in [-0.39, 0.29) is 11.0 Å². The molecule has 4 aromatic rings. The van der Waals surface area contributed by atoms with Gasteiger partial charge in [-0.15, -0.1) is 10.2 Å². The number of thiocarbonyl (C=S) groups is 1. The molecule has 0 aliphatic heterocycles. The third-order valence-electron chi connectivity index (χ3n) is 3.83. The van der Waals surface area contributed by atoms with Gasteiger partial charge in [0.05, 0.1) is 0 Å². The molecular formula is C18H13ClN6OS2. The SMILES string of the molecule is Cc1nnc2sc(-c3cccc(NC(=S)NC(=O)c4cccc(Cl)c4)c3)nn12. The Morgan fingerprint density at radius 1 is 1.18 bits per heavy atom. The Morgan fingerprint density at radius 2 is 2.00 bits per heavy atom. The van der Waals surface area contributed by atoms with Crippen molar-refractivity contribution >= 4 is 56.8 Å². The van der Waals surface area contributed by atoms with Crippen LogP contribution in [0.25, 0.3) is 15.5 Å². The molecular weight excluding hydrogens is 416 g/mol. The first-order valence-corrected chi connectivity index (χ1v) is 9.77. The number of hydrogen-bond donors (Lipinski definition) is 2. The van der Waals surface area contributed by atoms with Crippen LogP contribution in [0.2, 0.25) is 5.02 Å². The first-order valence-electron chi connectivity index (χ1n) is 8.17. The lowest BCUT2D eigenvalue weighted by atomic mass is 10.2. The van der Waals surface area contributed by atoms with Gasteiger partial charge in [0.2, 0.25) is 4.96 Å². The largest absolute Gasteiger partial charge is 0.332 e. The van der Waals surface area contributed by atoms with E-state index >= 15 is 0 Å². The van der Waals surface area contributed by atoms with Gasteiger partial charge >= 0.3 is 0 Å². The van der Waals surface area contributed by atoms with Crippen LogP contribution >= 0.6 is 35.2 Å². The highest BCUT2D eigenvalue weighted by Gasteiger charge is 2.12. The topological polar surface area (TPSA) is 84.2 Å². The first-order chi connectivity index (χ1) is 13.5. The van der Waals surface area contributed by atoms with E-state index in [1.54, 1.807) is 28.8 Å². The molecule has 0 unspecified atom stereocenters. The Labute approximate surface area is 174 Å². The zero-order chi connectivity index (χ0) is 19.7. The van der Waals surface area contributed by atoms with E-state index in [2.05, 4.69) is 25.9 Å². The van der Waals surface area contributed by atoms with Crippen molar-refractivity contribution in [2.45, 2.75) is 6.92 Å². The average Bonchev–Trinajstić information content (AvgIpc) is 3.24. The smallest absolute Gasteiger partial charge is 0.257 e. The summed E-state index contributed by atoms with van der Waals surface area (Å²) in [6.45, 7) is 1.85. The van der Waals surface area contributed by atoms with E-state index in [0.29, 0.717) is 10.6 Å². The molecule has 10 heteroatoms. The standard InChI is InChI=1S/C18H13ClN6OS2/c1-10-22-23-18-25(10)24-16(28-18)12-5-3-7-14(9-12)20-17(27)21-15(26)11-4-2-6-13(19)8-11/h2-9H,1H3,(H2,20,21,26,27). The van der Waals surface area contributed by atoms with Gasteiger partial charge in [0.25, 0.3) is 5.91 Å². The maximum Gasteiger partial charge on any atom is 0.257 e. The molecule has 0 saturated heterocycles. The van der Waals surface area contributed by atoms with E-state index in [1.165, 1.54) is 11.3 Å². The molecule has 140 valence electrons. The van der Waals surface area contributed by atoms with E-state index in [0.717, 1.165) is 27.0 Å². The highest BCUT2D eigenvalue weighted by Crippen LogP contribution is 2.27. The predicted molar refractivity (Wildman–Crippen MR) is 114 cm³/mol. The molecule has 2 N–H and O–H groups in total. The summed E-state index contributed by atoms with van der Waals surface area (Å²) in [5, 5.41) is 19.7. The number of halogens is 1. The van der Waals surface area contributed by atoms with E-state index in [1.807, 2.05) is 31.2 Å². The van der Waals surface area contributed by atoms with Gasteiger partial charge in [-0.2, -0.15) is 9.61 Å². The van der Waals surface area contributed by atoms with Gasteiger partial charge < -0.3 is 5.32 Å². The van der Waals surface area contributed by atoms with Gasteiger partial charge in [0.15, 0.2) is 10.9 Å². The van der Waals surface area contributed by atoms with Crippen LogP contribution in [-0.2, 0) is 0 Å². The van der Waals surface area contributed by atoms with Crippen LogP contribution in [0, 0.1) is 6.92 Å². The van der Waals surface area contributed by atoms with E-state index in [9.17, 15) is 4.79 Å². The number of aromatic nitrogens is 4. The van der Waals surface area contributed by atoms with Gasteiger partial charge in [-0.05, 0) is 49.5 Å². The molecule has 0 fully saturated rings. The number of amides is 1. The Morgan fingerprint density at radius 3 is 2.79 bits per heavy atom. The average molecular weight is 429 g/mol. The Bertz CT molecular complexity index is 1200. The van der Waals surface area contributed by atoms with Gasteiger partial charge in [-0.1, -0.05) is 41.1 Å². The van der Waals surface area contributed by atoms with Crippen LogP contribution in [0.15, 0.2) is 48.5 Å². The van der Waals surface area contributed by atoms with Crippen molar-refractivity contribution in [2.75, 3.05) is 5.32 Å². The third-order valence-corrected chi connectivity index (χ3v) is 5.22. The minimum Gasteiger partial charge on any atom is -0.332 e. The normalized spacial score (nSPS) is 10.8. The molecule has 2 aromatic heterocycles. The number of rotatable bonds is 3. The fraction of sp³-hybridized carbons (Fsp3) is 0.0556. The lowest BCUT2D eigenvalue weighted by Gasteiger charge is -2.10. The van der Waals surface area contributed by atoms with Gasteiger partial charge in [0, 0.05) is 21.8 Å². The molecule has 0 atom stereocenters. The summed E-state index contributed by atoms with van der Waals surface area (Å²) in [6, 6.07) is 14.2. The van der Waals surface area contributed by atoms with Crippen molar-refractivity contribution in [3.05, 3.63) is 64.9 Å². The van der Waals surface area contributed by atoms with Gasteiger partial charge in [-0.3, -0.25) is 10.1 Å². The predicted octanol–water partition coefficient (Wildman–Crippen LogP) is 3.94. The summed E-state index contributed by atoms with van der Waals surface area (Å²) >= 11 is 12.6. The van der Waals surface area contributed by atoms with Crippen molar-refractivity contribution in [3.8, 4) is 10.6 Å². The number of fused-ring (bicyclic) bond motifs is 1. The van der Waals surface area contributed by atoms with Crippen molar-refractivity contribution in [3.63, 3.8) is 0 Å². The number of carbonyl (C=O) groups excluding carboxylic acids is 1. The summed E-state index contributed by atoms with van der Waals surface area (Å²) < 4.78 is 1.70. The quantitative estimate of drug-likeness (QED) is 0.481. The second kappa shape index (κ2) is 7.63. The number of hydrogen-bond acceptors (Lipinski definition) is 6. The minimum atomic E-state index is -0.333. The summed E-state index contributed by atoms with van der Waals surface area (Å²) in [7, 11) is 0. The van der Waals surface area contributed by atoms with Crippen molar-refractivity contribution in [2.24, 2.45) is 0 Å². The first kappa shape index (κ1) is 18.5. The Hall–Kier alpha value is -2.88. The van der Waals surface area contributed by atoms with Crippen LogP contribution in [0.5, 0.6) is 0 Å². The summed E-state index contributed by atoms with van der Waals surface area (Å²) in [5.74, 6) is 0.400. The number of anilines is 1. The summed E-state index contributed by atoms with van der Waals surface area (Å²) in [6.07, 6.45) is 0. The molecule has 2 aromatic carbocycles. The Balaban J connectivity index is 1.48. The van der Waals surface area contributed by atoms with Crippen LogP contribution in [0.1, 0.15) is 16.2 Å². The maximum absolute atomic E-state index is 12.3. The lowest BCUT2D eigenvalue weighted by molar-refractivity contribution is 0.0977. The number of carbonyl (C=O) groups is 1. The van der Waals surface area contributed by atoms with Crippen LogP contribution in [0.3, 0.4) is 0 Å². The van der Waals surface area contributed by atoms with Gasteiger partial charge in [0.1, 0.15) is 5.01 Å². The molecule has 1 amide bonds. The summed E-state index contributed by atoms with van der Waals surface area (Å²) in [4.78, 5) is 13.0. The molecule has 0 aliphatic carbocycles. The number of nitrogens with one attached hydrogen (secondary N) is 2. The molecule has 7 nitrogen and oxygen atoms in total. The number of benzene rings is 2. The zero-order valence-corrected chi connectivity index (χ0v) is 16.9. The monoisotopic (exact) mass is 428 g/mol. The minimum absolute atomic E-state index is 0.191. The second-order valence-electron chi connectivity index (χ2n) is 5.85. The maximum atomic E-state index is 12.3. The fourth-order valence-corrected chi connectivity index (χ4v) is 3.81. The lowest BCUT2D eigenvalue weighted by Crippen LogP contribution is -2.34. The Kier molecular flexibility index (Phi) is 5.03. The molecule has 0 bridgehead atoms. The molecule has 0 saturated carbocycles. The number of aryl methyl sites for hydroxylation is 1.